The minimum absolute atomic E-state index is 0.0612. The molecular weight excluding hydrogens is 460 g/mol. The average molecular weight is 477 g/mol. The molecule has 0 saturated heterocycles. The van der Waals surface area contributed by atoms with Gasteiger partial charge >= 0.3 is 6.18 Å². The van der Waals surface area contributed by atoms with Crippen molar-refractivity contribution in [3.63, 3.8) is 0 Å². The van der Waals surface area contributed by atoms with Crippen LogP contribution in [0.1, 0.15) is 11.1 Å². The summed E-state index contributed by atoms with van der Waals surface area (Å²) in [5, 5.41) is 2.94. The Morgan fingerprint density at radius 2 is 1.87 bits per heavy atom. The minimum atomic E-state index is -4.73. The molecule has 0 aliphatic carbocycles. The quantitative estimate of drug-likeness (QED) is 0.512. The highest BCUT2D eigenvalue weighted by Gasteiger charge is 2.33. The van der Waals surface area contributed by atoms with Gasteiger partial charge in [-0.25, -0.2) is 16.8 Å². The minimum Gasteiger partial charge on any atom is -0.494 e. The van der Waals surface area contributed by atoms with Crippen molar-refractivity contribution in [1.82, 2.24) is 9.29 Å². The van der Waals surface area contributed by atoms with Crippen LogP contribution in [0.4, 0.5) is 17.6 Å². The number of methoxy groups -OCH3 is 1. The van der Waals surface area contributed by atoms with Gasteiger partial charge < -0.3 is 10.1 Å². The van der Waals surface area contributed by atoms with Crippen molar-refractivity contribution in [2.75, 3.05) is 14.2 Å². The number of alkyl halides is 3. The third-order valence-electron chi connectivity index (χ3n) is 4.48. The Balaban J connectivity index is 2.32. The smallest absolute Gasteiger partial charge is 0.416 e. The summed E-state index contributed by atoms with van der Waals surface area (Å²) in [7, 11) is -1.65. The molecular formula is C20H17ClF4N2O3S. The summed E-state index contributed by atoms with van der Waals surface area (Å²) in [6.07, 6.45) is -3.55. The third kappa shape index (κ3) is 4.41. The number of aromatic nitrogens is 1. The van der Waals surface area contributed by atoms with Gasteiger partial charge in [-0.05, 0) is 43.4 Å². The molecule has 0 bridgehead atoms. The zero-order valence-electron chi connectivity index (χ0n) is 16.3. The number of nitrogens with one attached hydrogen (secondary N) is 1. The summed E-state index contributed by atoms with van der Waals surface area (Å²) in [6.45, 7) is 0.163. The lowest BCUT2D eigenvalue weighted by Crippen LogP contribution is -2.15. The zero-order valence-corrected chi connectivity index (χ0v) is 17.9. The standard InChI is InChI=1S/C20H17ClF4N2O3S/c1-26-10-12-11-27(18(19(12)30-2)16-7-6-14(21)9-17(16)22)31(28,29)15-5-3-4-13(8-15)20(23,24)25/h3-9,11,26H,10H2,1-2H3. The summed E-state index contributed by atoms with van der Waals surface area (Å²) < 4.78 is 86.9. The topological polar surface area (TPSA) is 60.3 Å². The summed E-state index contributed by atoms with van der Waals surface area (Å²) in [5.41, 5.74) is -1.06. The number of nitrogens with zero attached hydrogens (tertiary/aromatic N) is 1. The van der Waals surface area contributed by atoms with Crippen LogP contribution in [0.15, 0.2) is 53.6 Å². The molecule has 0 fully saturated rings. The summed E-state index contributed by atoms with van der Waals surface area (Å²) in [6, 6.07) is 6.97. The zero-order chi connectivity index (χ0) is 23.0. The number of ether oxygens (including phenoxy) is 1. The first-order valence-electron chi connectivity index (χ1n) is 8.81. The lowest BCUT2D eigenvalue weighted by atomic mass is 10.1. The Morgan fingerprint density at radius 1 is 1.16 bits per heavy atom. The fourth-order valence-electron chi connectivity index (χ4n) is 3.12. The lowest BCUT2D eigenvalue weighted by molar-refractivity contribution is -0.137. The van der Waals surface area contributed by atoms with E-state index in [-0.39, 0.29) is 28.6 Å². The van der Waals surface area contributed by atoms with Crippen LogP contribution in [-0.4, -0.2) is 26.5 Å². The van der Waals surface area contributed by atoms with Crippen LogP contribution >= 0.6 is 11.6 Å². The van der Waals surface area contributed by atoms with Gasteiger partial charge in [0.1, 0.15) is 17.3 Å². The molecule has 1 heterocycles. The van der Waals surface area contributed by atoms with Crippen LogP contribution in [0.5, 0.6) is 5.75 Å². The second-order valence-electron chi connectivity index (χ2n) is 6.52. The van der Waals surface area contributed by atoms with Gasteiger partial charge in [-0.2, -0.15) is 13.2 Å². The maximum atomic E-state index is 14.7. The van der Waals surface area contributed by atoms with E-state index in [1.165, 1.54) is 25.4 Å². The Hall–Kier alpha value is -2.56. The predicted molar refractivity (Wildman–Crippen MR) is 108 cm³/mol. The fourth-order valence-corrected chi connectivity index (χ4v) is 4.72. The van der Waals surface area contributed by atoms with Crippen LogP contribution < -0.4 is 10.1 Å². The molecule has 11 heteroatoms. The number of hydrogen-bond donors (Lipinski definition) is 1. The molecule has 1 N–H and O–H groups in total. The molecule has 0 radical (unpaired) electrons. The van der Waals surface area contributed by atoms with Gasteiger partial charge in [-0.15, -0.1) is 0 Å². The first-order chi connectivity index (χ1) is 14.5. The third-order valence-corrected chi connectivity index (χ3v) is 6.37. The molecule has 2 aromatic carbocycles. The summed E-state index contributed by atoms with van der Waals surface area (Å²) in [5.74, 6) is -0.758. The van der Waals surface area contributed by atoms with E-state index < -0.39 is 32.5 Å². The Morgan fingerprint density at radius 3 is 2.45 bits per heavy atom. The molecule has 3 rings (SSSR count). The van der Waals surface area contributed by atoms with Crippen molar-refractivity contribution in [1.29, 1.82) is 0 Å². The molecule has 0 amide bonds. The highest BCUT2D eigenvalue weighted by atomic mass is 35.5. The van der Waals surface area contributed by atoms with Gasteiger partial charge in [-0.3, -0.25) is 0 Å². The average Bonchev–Trinajstić information content (AvgIpc) is 3.06. The molecule has 166 valence electrons. The van der Waals surface area contributed by atoms with E-state index in [2.05, 4.69) is 5.32 Å². The van der Waals surface area contributed by atoms with E-state index in [9.17, 15) is 26.0 Å². The van der Waals surface area contributed by atoms with E-state index >= 15 is 0 Å². The Kier molecular flexibility index (Phi) is 6.35. The van der Waals surface area contributed by atoms with E-state index in [1.54, 1.807) is 7.05 Å². The monoisotopic (exact) mass is 476 g/mol. The highest BCUT2D eigenvalue weighted by Crippen LogP contribution is 2.40. The Bertz CT molecular complexity index is 1220. The molecule has 1 aromatic heterocycles. The number of halogens is 5. The number of benzene rings is 2. The van der Waals surface area contributed by atoms with Crippen molar-refractivity contribution in [3.05, 3.63) is 70.6 Å². The van der Waals surface area contributed by atoms with Crippen molar-refractivity contribution < 1.29 is 30.7 Å². The van der Waals surface area contributed by atoms with Gasteiger partial charge in [0.2, 0.25) is 0 Å². The number of hydrogen-bond acceptors (Lipinski definition) is 4. The second-order valence-corrected chi connectivity index (χ2v) is 8.77. The maximum absolute atomic E-state index is 14.7. The van der Waals surface area contributed by atoms with Gasteiger partial charge in [0, 0.05) is 28.9 Å². The van der Waals surface area contributed by atoms with Crippen LogP contribution in [0.25, 0.3) is 11.3 Å². The van der Waals surface area contributed by atoms with Crippen LogP contribution in [0.2, 0.25) is 5.02 Å². The molecule has 0 atom stereocenters. The second kappa shape index (κ2) is 8.52. The molecule has 3 aromatic rings. The first-order valence-corrected chi connectivity index (χ1v) is 10.6. The molecule has 0 aliphatic heterocycles. The van der Waals surface area contributed by atoms with Gasteiger partial charge in [0.15, 0.2) is 0 Å². The Labute approximate surface area is 181 Å². The van der Waals surface area contributed by atoms with E-state index in [1.807, 2.05) is 0 Å². The predicted octanol–water partition coefficient (Wildman–Crippen LogP) is 4.93. The highest BCUT2D eigenvalue weighted by molar-refractivity contribution is 7.90. The van der Waals surface area contributed by atoms with Crippen LogP contribution in [-0.2, 0) is 22.7 Å². The maximum Gasteiger partial charge on any atom is 0.416 e. The molecule has 0 unspecified atom stereocenters. The first kappa shape index (κ1) is 23.1. The van der Waals surface area contributed by atoms with E-state index in [0.717, 1.165) is 28.2 Å². The molecule has 0 saturated carbocycles. The summed E-state index contributed by atoms with van der Waals surface area (Å²) in [4.78, 5) is -0.605. The van der Waals surface area contributed by atoms with Crippen LogP contribution in [0.3, 0.4) is 0 Å². The summed E-state index contributed by atoms with van der Waals surface area (Å²) >= 11 is 5.81. The lowest BCUT2D eigenvalue weighted by Gasteiger charge is -2.14. The molecule has 31 heavy (non-hydrogen) atoms. The van der Waals surface area contributed by atoms with E-state index in [4.69, 9.17) is 16.3 Å². The van der Waals surface area contributed by atoms with Crippen molar-refractivity contribution in [2.24, 2.45) is 0 Å². The molecule has 5 nitrogen and oxygen atoms in total. The SMILES string of the molecule is CNCc1cn(S(=O)(=O)c2cccc(C(F)(F)F)c2)c(-c2ccc(Cl)cc2F)c1OC. The molecule has 0 aliphatic rings. The van der Waals surface area contributed by atoms with Gasteiger partial charge in [0.05, 0.1) is 17.6 Å². The molecule has 0 spiro atoms. The largest absolute Gasteiger partial charge is 0.494 e. The van der Waals surface area contributed by atoms with Gasteiger partial charge in [0.25, 0.3) is 10.0 Å². The van der Waals surface area contributed by atoms with Gasteiger partial charge in [-0.1, -0.05) is 17.7 Å². The fraction of sp³-hybridized carbons (Fsp3) is 0.200. The van der Waals surface area contributed by atoms with Crippen LogP contribution in [0, 0.1) is 5.82 Å². The normalized spacial score (nSPS) is 12.2. The van der Waals surface area contributed by atoms with Crippen molar-refractivity contribution >= 4 is 21.6 Å². The van der Waals surface area contributed by atoms with E-state index in [0.29, 0.717) is 11.6 Å². The van der Waals surface area contributed by atoms with Crippen molar-refractivity contribution in [3.8, 4) is 17.0 Å². The number of rotatable bonds is 6. The van der Waals surface area contributed by atoms with Crippen molar-refractivity contribution in [2.45, 2.75) is 17.6 Å².